The van der Waals surface area contributed by atoms with Crippen LogP contribution in [0.25, 0.3) is 10.8 Å². The van der Waals surface area contributed by atoms with Gasteiger partial charge in [0.25, 0.3) is 0 Å². The van der Waals surface area contributed by atoms with Crippen molar-refractivity contribution in [2.45, 2.75) is 6.42 Å². The molecular weight excluding hydrogens is 236 g/mol. The van der Waals surface area contributed by atoms with Crippen LogP contribution in [-0.4, -0.2) is 10.0 Å². The Balaban J connectivity index is 2.00. The molecule has 0 fully saturated rings. The molecule has 0 saturated heterocycles. The summed E-state index contributed by atoms with van der Waals surface area (Å²) in [4.78, 5) is 0. The van der Waals surface area contributed by atoms with Gasteiger partial charge in [-0.2, -0.15) is 4.28 Å². The Bertz CT molecular complexity index is 619. The number of hydrogen-bond acceptors (Lipinski definition) is 3. The summed E-state index contributed by atoms with van der Waals surface area (Å²) >= 11 is -1.58. The van der Waals surface area contributed by atoms with Crippen molar-refractivity contribution >= 4 is 27.9 Å². The van der Waals surface area contributed by atoms with E-state index in [-0.39, 0.29) is 0 Å². The fourth-order valence-electron chi connectivity index (χ4n) is 1.91. The molecule has 0 bridgehead atoms. The first-order valence-corrected chi connectivity index (χ1v) is 6.25. The molecule has 2 aromatic carbocycles. The van der Waals surface area contributed by atoms with Gasteiger partial charge in [-0.15, -0.1) is 4.40 Å². The average molecular weight is 246 g/mol. The van der Waals surface area contributed by atoms with E-state index in [1.54, 1.807) is 0 Å². The van der Waals surface area contributed by atoms with Crippen molar-refractivity contribution in [2.24, 2.45) is 4.40 Å². The standard InChI is InChI=1S/C12H10N2O2S/c15-17-14-12(13-16-17)8-10-6-3-5-9-4-1-2-7-11(9)10/h1-7H,8H2,(H,13,14). The molecule has 1 N–H and O–H groups in total. The average Bonchev–Trinajstić information content (AvgIpc) is 2.75. The normalized spacial score (nSPS) is 19.1. The molecule has 1 aliphatic rings. The van der Waals surface area contributed by atoms with E-state index in [9.17, 15) is 4.21 Å². The van der Waals surface area contributed by atoms with E-state index in [1.807, 2.05) is 24.3 Å². The zero-order valence-electron chi connectivity index (χ0n) is 8.92. The highest BCUT2D eigenvalue weighted by molar-refractivity contribution is 7.79. The van der Waals surface area contributed by atoms with E-state index in [0.29, 0.717) is 12.3 Å². The van der Waals surface area contributed by atoms with Crippen LogP contribution in [0.15, 0.2) is 46.9 Å². The maximum atomic E-state index is 10.9. The Kier molecular flexibility index (Phi) is 2.62. The summed E-state index contributed by atoms with van der Waals surface area (Å²) in [6.07, 6.45) is 0.590. The molecule has 2 aromatic rings. The van der Waals surface area contributed by atoms with Gasteiger partial charge < -0.3 is 0 Å². The third-order valence-corrected chi connectivity index (χ3v) is 3.25. The Labute approximate surface area is 101 Å². The van der Waals surface area contributed by atoms with Crippen LogP contribution in [0.4, 0.5) is 0 Å². The monoisotopic (exact) mass is 246 g/mol. The van der Waals surface area contributed by atoms with Crippen LogP contribution in [0, 0.1) is 0 Å². The molecule has 0 saturated carbocycles. The minimum absolute atomic E-state index is 0.590. The minimum Gasteiger partial charge on any atom is -0.234 e. The van der Waals surface area contributed by atoms with Crippen molar-refractivity contribution in [2.75, 3.05) is 0 Å². The third kappa shape index (κ3) is 2.07. The first-order valence-electron chi connectivity index (χ1n) is 5.22. The van der Waals surface area contributed by atoms with E-state index >= 15 is 0 Å². The molecule has 1 aliphatic heterocycles. The molecule has 1 heterocycles. The van der Waals surface area contributed by atoms with Crippen LogP contribution < -0.4 is 5.48 Å². The molecule has 1 unspecified atom stereocenters. The van der Waals surface area contributed by atoms with Gasteiger partial charge in [-0.05, 0) is 16.3 Å². The van der Waals surface area contributed by atoms with Gasteiger partial charge in [-0.3, -0.25) is 0 Å². The number of nitrogens with zero attached hydrogens (tertiary/aromatic N) is 1. The van der Waals surface area contributed by atoms with Crippen LogP contribution >= 0.6 is 0 Å². The largest absolute Gasteiger partial charge is 0.309 e. The number of hydrogen-bond donors (Lipinski definition) is 1. The van der Waals surface area contributed by atoms with Crippen LogP contribution in [0.3, 0.4) is 0 Å². The number of hydroxylamine groups is 1. The molecule has 1 atom stereocenters. The number of amidine groups is 1. The van der Waals surface area contributed by atoms with E-state index in [1.165, 1.54) is 10.8 Å². The van der Waals surface area contributed by atoms with Crippen LogP contribution in [0.2, 0.25) is 0 Å². The topological polar surface area (TPSA) is 50.7 Å². The lowest BCUT2D eigenvalue weighted by molar-refractivity contribution is 0.303. The quantitative estimate of drug-likeness (QED) is 0.880. The second kappa shape index (κ2) is 4.27. The summed E-state index contributed by atoms with van der Waals surface area (Å²) in [5.74, 6) is 0.597. The lowest BCUT2D eigenvalue weighted by Gasteiger charge is -2.05. The van der Waals surface area contributed by atoms with Crippen molar-refractivity contribution in [1.29, 1.82) is 0 Å². The van der Waals surface area contributed by atoms with Gasteiger partial charge in [0.1, 0.15) is 5.84 Å². The summed E-state index contributed by atoms with van der Waals surface area (Å²) in [5.41, 5.74) is 3.71. The first-order chi connectivity index (χ1) is 8.33. The Morgan fingerprint density at radius 2 is 2.00 bits per heavy atom. The van der Waals surface area contributed by atoms with Crippen molar-refractivity contribution in [1.82, 2.24) is 5.48 Å². The fourth-order valence-corrected chi connectivity index (χ4v) is 2.39. The molecule has 0 radical (unpaired) electrons. The zero-order chi connectivity index (χ0) is 11.7. The Hall–Kier alpha value is -1.72. The number of fused-ring (bicyclic) bond motifs is 1. The SMILES string of the molecule is O=S1N=C(Cc2cccc3ccccc23)NO1. The zero-order valence-corrected chi connectivity index (χ0v) is 9.74. The Morgan fingerprint density at radius 1 is 1.18 bits per heavy atom. The summed E-state index contributed by atoms with van der Waals surface area (Å²) < 4.78 is 19.5. The number of benzene rings is 2. The smallest absolute Gasteiger partial charge is 0.234 e. The minimum atomic E-state index is -1.58. The summed E-state index contributed by atoms with van der Waals surface area (Å²) in [5, 5.41) is 2.36. The predicted octanol–water partition coefficient (Wildman–Crippen LogP) is 1.89. The van der Waals surface area contributed by atoms with E-state index in [4.69, 9.17) is 0 Å². The third-order valence-electron chi connectivity index (χ3n) is 2.65. The molecule has 3 rings (SSSR count). The van der Waals surface area contributed by atoms with Crippen LogP contribution in [0.5, 0.6) is 0 Å². The van der Waals surface area contributed by atoms with Crippen LogP contribution in [0.1, 0.15) is 5.56 Å². The van der Waals surface area contributed by atoms with Crippen molar-refractivity contribution < 1.29 is 8.49 Å². The van der Waals surface area contributed by atoms with Gasteiger partial charge in [0.2, 0.25) is 0 Å². The molecule has 4 nitrogen and oxygen atoms in total. The first kappa shape index (κ1) is 10.4. The predicted molar refractivity (Wildman–Crippen MR) is 67.5 cm³/mol. The molecule has 0 aliphatic carbocycles. The lowest BCUT2D eigenvalue weighted by atomic mass is 10.0. The van der Waals surface area contributed by atoms with E-state index < -0.39 is 11.3 Å². The lowest BCUT2D eigenvalue weighted by Crippen LogP contribution is -2.18. The molecule has 17 heavy (non-hydrogen) atoms. The van der Waals surface area contributed by atoms with Crippen molar-refractivity contribution in [3.05, 3.63) is 48.0 Å². The van der Waals surface area contributed by atoms with Crippen molar-refractivity contribution in [3.63, 3.8) is 0 Å². The van der Waals surface area contributed by atoms with E-state index in [0.717, 1.165) is 5.56 Å². The van der Waals surface area contributed by atoms with Gasteiger partial charge in [0.05, 0.1) is 0 Å². The van der Waals surface area contributed by atoms with Gasteiger partial charge >= 0.3 is 11.3 Å². The second-order valence-electron chi connectivity index (χ2n) is 3.76. The van der Waals surface area contributed by atoms with Crippen molar-refractivity contribution in [3.8, 4) is 0 Å². The highest BCUT2D eigenvalue weighted by Crippen LogP contribution is 2.19. The van der Waals surface area contributed by atoms with Gasteiger partial charge in [0.15, 0.2) is 0 Å². The number of rotatable bonds is 2. The van der Waals surface area contributed by atoms with Gasteiger partial charge in [-0.1, -0.05) is 42.5 Å². The Morgan fingerprint density at radius 3 is 2.82 bits per heavy atom. The maximum Gasteiger partial charge on any atom is 0.309 e. The highest BCUT2D eigenvalue weighted by Gasteiger charge is 2.14. The second-order valence-corrected chi connectivity index (χ2v) is 4.54. The number of nitrogens with one attached hydrogen (secondary N) is 1. The van der Waals surface area contributed by atoms with Gasteiger partial charge in [-0.25, -0.2) is 9.69 Å². The molecule has 0 amide bonds. The molecular formula is C12H10N2O2S. The summed E-state index contributed by atoms with van der Waals surface area (Å²) in [6.45, 7) is 0. The van der Waals surface area contributed by atoms with E-state index in [2.05, 4.69) is 32.4 Å². The summed E-state index contributed by atoms with van der Waals surface area (Å²) in [7, 11) is 0. The molecule has 0 spiro atoms. The fraction of sp³-hybridized carbons (Fsp3) is 0.0833. The molecule has 5 heteroatoms. The maximum absolute atomic E-state index is 10.9. The molecule has 86 valence electrons. The van der Waals surface area contributed by atoms with Crippen LogP contribution in [-0.2, 0) is 22.0 Å². The molecule has 0 aromatic heterocycles. The van der Waals surface area contributed by atoms with Gasteiger partial charge in [0, 0.05) is 6.42 Å². The summed E-state index contributed by atoms with van der Waals surface area (Å²) in [6, 6.07) is 14.3. The highest BCUT2D eigenvalue weighted by atomic mass is 32.2.